The van der Waals surface area contributed by atoms with Crippen LogP contribution in [0.15, 0.2) is 36.4 Å². The lowest BCUT2D eigenvalue weighted by molar-refractivity contribution is -0.385. The van der Waals surface area contributed by atoms with Gasteiger partial charge in [0.15, 0.2) is 11.6 Å². The van der Waals surface area contributed by atoms with E-state index in [2.05, 4.69) is 0 Å². The van der Waals surface area contributed by atoms with Gasteiger partial charge in [-0.3, -0.25) is 10.1 Å². The lowest BCUT2D eigenvalue weighted by Crippen LogP contribution is -1.97. The van der Waals surface area contributed by atoms with Crippen molar-refractivity contribution in [2.45, 2.75) is 6.61 Å². The van der Waals surface area contributed by atoms with Crippen LogP contribution in [-0.4, -0.2) is 10.0 Å². The molecule has 20 heavy (non-hydrogen) atoms. The minimum atomic E-state index is -1.16. The average Bonchev–Trinajstić information content (AvgIpc) is 2.43. The van der Waals surface area contributed by atoms with E-state index in [1.807, 2.05) is 0 Å². The first-order valence-electron chi connectivity index (χ1n) is 5.53. The molecule has 0 aromatic heterocycles. The molecule has 0 spiro atoms. The van der Waals surface area contributed by atoms with Gasteiger partial charge in [0.1, 0.15) is 5.75 Å². The van der Waals surface area contributed by atoms with Crippen molar-refractivity contribution >= 4 is 5.69 Å². The summed E-state index contributed by atoms with van der Waals surface area (Å²) in [6.07, 6.45) is 0. The first-order valence-corrected chi connectivity index (χ1v) is 5.53. The lowest BCUT2D eigenvalue weighted by atomic mass is 10.2. The summed E-state index contributed by atoms with van der Waals surface area (Å²) in [7, 11) is 0. The molecule has 0 saturated heterocycles. The predicted molar refractivity (Wildman–Crippen MR) is 65.5 cm³/mol. The van der Waals surface area contributed by atoms with Crippen molar-refractivity contribution in [3.8, 4) is 11.5 Å². The fourth-order valence-corrected chi connectivity index (χ4v) is 1.62. The van der Waals surface area contributed by atoms with Gasteiger partial charge in [-0.15, -0.1) is 0 Å². The molecular formula is C13H9F2NO4. The van der Waals surface area contributed by atoms with Crippen LogP contribution in [0.3, 0.4) is 0 Å². The van der Waals surface area contributed by atoms with Crippen LogP contribution >= 0.6 is 0 Å². The number of nitro groups is 1. The molecule has 0 aliphatic rings. The molecule has 0 aliphatic carbocycles. The summed E-state index contributed by atoms with van der Waals surface area (Å²) >= 11 is 0. The zero-order chi connectivity index (χ0) is 14.7. The Morgan fingerprint density at radius 1 is 1.25 bits per heavy atom. The number of benzene rings is 2. The van der Waals surface area contributed by atoms with Crippen molar-refractivity contribution in [1.82, 2.24) is 0 Å². The molecule has 7 heteroatoms. The van der Waals surface area contributed by atoms with Crippen LogP contribution in [0.5, 0.6) is 11.5 Å². The molecule has 0 unspecified atom stereocenters. The Morgan fingerprint density at radius 2 is 2.00 bits per heavy atom. The van der Waals surface area contributed by atoms with E-state index in [1.165, 1.54) is 24.3 Å². The van der Waals surface area contributed by atoms with E-state index < -0.39 is 23.2 Å². The third kappa shape index (κ3) is 2.72. The van der Waals surface area contributed by atoms with E-state index in [0.717, 1.165) is 12.1 Å². The van der Waals surface area contributed by atoms with Gasteiger partial charge in [-0.1, -0.05) is 6.07 Å². The second-order valence-corrected chi connectivity index (χ2v) is 3.86. The van der Waals surface area contributed by atoms with E-state index in [4.69, 9.17) is 9.84 Å². The largest absolute Gasteiger partial charge is 0.454 e. The third-order valence-electron chi connectivity index (χ3n) is 2.56. The maximum atomic E-state index is 13.4. The van der Waals surface area contributed by atoms with Crippen molar-refractivity contribution in [3.63, 3.8) is 0 Å². The van der Waals surface area contributed by atoms with Gasteiger partial charge in [0, 0.05) is 6.07 Å². The van der Waals surface area contributed by atoms with Gasteiger partial charge >= 0.3 is 0 Å². The molecule has 5 nitrogen and oxygen atoms in total. The van der Waals surface area contributed by atoms with E-state index in [9.17, 15) is 18.9 Å². The second-order valence-electron chi connectivity index (χ2n) is 3.86. The topological polar surface area (TPSA) is 72.6 Å². The average molecular weight is 281 g/mol. The summed E-state index contributed by atoms with van der Waals surface area (Å²) in [5.74, 6) is -2.50. The molecule has 0 amide bonds. The van der Waals surface area contributed by atoms with Crippen molar-refractivity contribution in [2.75, 3.05) is 0 Å². The molecular weight excluding hydrogens is 272 g/mol. The Balaban J connectivity index is 2.35. The van der Waals surface area contributed by atoms with Gasteiger partial charge in [0.25, 0.3) is 5.69 Å². The predicted octanol–water partition coefficient (Wildman–Crippen LogP) is 3.16. The summed E-state index contributed by atoms with van der Waals surface area (Å²) in [6, 6.07) is 6.99. The number of hydrogen-bond acceptors (Lipinski definition) is 4. The Kier molecular flexibility index (Phi) is 3.90. The Bertz CT molecular complexity index is 661. The smallest absolute Gasteiger partial charge is 0.275 e. The van der Waals surface area contributed by atoms with Crippen molar-refractivity contribution < 1.29 is 23.5 Å². The fraction of sp³-hybridized carbons (Fsp3) is 0.0769. The van der Waals surface area contributed by atoms with Crippen LogP contribution in [0.2, 0.25) is 0 Å². The highest BCUT2D eigenvalue weighted by Crippen LogP contribution is 2.29. The number of aliphatic hydroxyl groups is 1. The molecule has 0 heterocycles. The van der Waals surface area contributed by atoms with Crippen molar-refractivity contribution in [1.29, 1.82) is 0 Å². The highest BCUT2D eigenvalue weighted by atomic mass is 19.2. The fourth-order valence-electron chi connectivity index (χ4n) is 1.62. The quantitative estimate of drug-likeness (QED) is 0.690. The van der Waals surface area contributed by atoms with Crippen LogP contribution in [-0.2, 0) is 6.61 Å². The number of ether oxygens (including phenoxy) is 1. The summed E-state index contributed by atoms with van der Waals surface area (Å²) in [5.41, 5.74) is -0.260. The first kappa shape index (κ1) is 13.9. The number of halogens is 2. The molecule has 0 bridgehead atoms. The lowest BCUT2D eigenvalue weighted by Gasteiger charge is -2.08. The van der Waals surface area contributed by atoms with Crippen LogP contribution < -0.4 is 4.74 Å². The summed E-state index contributed by atoms with van der Waals surface area (Å²) < 4.78 is 31.6. The van der Waals surface area contributed by atoms with Gasteiger partial charge < -0.3 is 9.84 Å². The summed E-state index contributed by atoms with van der Waals surface area (Å²) in [6.45, 7) is -0.570. The Hall–Kier alpha value is -2.54. The molecule has 2 aromatic rings. The molecule has 2 aromatic carbocycles. The number of nitrogens with zero attached hydrogens (tertiary/aromatic N) is 1. The highest BCUT2D eigenvalue weighted by molar-refractivity contribution is 5.46. The first-order chi connectivity index (χ1) is 9.52. The maximum Gasteiger partial charge on any atom is 0.275 e. The van der Waals surface area contributed by atoms with Gasteiger partial charge in [-0.25, -0.2) is 4.39 Å². The minimum absolute atomic E-state index is 0.0179. The number of aliphatic hydroxyl groups excluding tert-OH is 1. The van der Waals surface area contributed by atoms with Crippen LogP contribution in [0.1, 0.15) is 5.56 Å². The Morgan fingerprint density at radius 3 is 2.65 bits per heavy atom. The van der Waals surface area contributed by atoms with Crippen LogP contribution in [0, 0.1) is 21.7 Å². The number of nitro benzene ring substituents is 1. The van der Waals surface area contributed by atoms with Crippen molar-refractivity contribution in [3.05, 3.63) is 63.7 Å². The van der Waals surface area contributed by atoms with Gasteiger partial charge in [-0.2, -0.15) is 4.39 Å². The number of rotatable bonds is 4. The van der Waals surface area contributed by atoms with E-state index in [-0.39, 0.29) is 22.7 Å². The molecule has 1 N–H and O–H groups in total. The molecule has 2 rings (SSSR count). The minimum Gasteiger partial charge on any atom is -0.454 e. The standard InChI is InChI=1S/C13H9F2NO4/c14-10-2-1-3-12(13(10)15)20-9-4-5-11(16(18)19)8(6-9)7-17/h1-6,17H,7H2. The normalized spacial score (nSPS) is 10.3. The van der Waals surface area contributed by atoms with Gasteiger partial charge in [-0.05, 0) is 24.3 Å². The Labute approximate surface area is 112 Å². The van der Waals surface area contributed by atoms with Crippen molar-refractivity contribution in [2.24, 2.45) is 0 Å². The zero-order valence-electron chi connectivity index (χ0n) is 10.0. The highest BCUT2D eigenvalue weighted by Gasteiger charge is 2.15. The third-order valence-corrected chi connectivity index (χ3v) is 2.56. The van der Waals surface area contributed by atoms with Crippen LogP contribution in [0.4, 0.5) is 14.5 Å². The second kappa shape index (κ2) is 5.62. The SMILES string of the molecule is O=[N+]([O-])c1ccc(Oc2cccc(F)c2F)cc1CO. The van der Waals surface area contributed by atoms with Crippen LogP contribution in [0.25, 0.3) is 0 Å². The summed E-state index contributed by atoms with van der Waals surface area (Å²) in [4.78, 5) is 10.0. The van der Waals surface area contributed by atoms with E-state index >= 15 is 0 Å². The molecule has 0 saturated carbocycles. The van der Waals surface area contributed by atoms with Gasteiger partial charge in [0.2, 0.25) is 5.82 Å². The van der Waals surface area contributed by atoms with E-state index in [0.29, 0.717) is 0 Å². The number of hydrogen-bond donors (Lipinski definition) is 1. The zero-order valence-corrected chi connectivity index (χ0v) is 10.0. The molecule has 104 valence electrons. The van der Waals surface area contributed by atoms with Gasteiger partial charge in [0.05, 0.1) is 17.1 Å². The summed E-state index contributed by atoms with van der Waals surface area (Å²) in [5, 5.41) is 19.8. The maximum absolute atomic E-state index is 13.4. The molecule has 0 atom stereocenters. The monoisotopic (exact) mass is 281 g/mol. The molecule has 0 radical (unpaired) electrons. The molecule has 0 aliphatic heterocycles. The van der Waals surface area contributed by atoms with E-state index in [1.54, 1.807) is 0 Å². The molecule has 0 fully saturated rings.